The summed E-state index contributed by atoms with van der Waals surface area (Å²) in [5, 5.41) is 25.3. The molecule has 0 aliphatic carbocycles. The Hall–Kier alpha value is -3.07. The van der Waals surface area contributed by atoms with E-state index in [-0.39, 0.29) is 11.4 Å². The van der Waals surface area contributed by atoms with Crippen molar-refractivity contribution < 1.29 is 10.0 Å². The van der Waals surface area contributed by atoms with Gasteiger partial charge in [-0.15, -0.1) is 11.3 Å². The average molecular weight is 343 g/mol. The van der Waals surface area contributed by atoms with Crippen LogP contribution in [0.3, 0.4) is 0 Å². The van der Waals surface area contributed by atoms with Crippen LogP contribution < -0.4 is 5.43 Å². The van der Waals surface area contributed by atoms with Crippen molar-refractivity contribution in [3.8, 4) is 5.75 Å². The first-order valence-corrected chi connectivity index (χ1v) is 7.76. The van der Waals surface area contributed by atoms with Crippen molar-refractivity contribution >= 4 is 39.3 Å². The maximum absolute atomic E-state index is 10.8. The van der Waals surface area contributed by atoms with Crippen molar-refractivity contribution in [3.63, 3.8) is 0 Å². The van der Waals surface area contributed by atoms with Crippen LogP contribution in [0, 0.1) is 24.0 Å². The van der Waals surface area contributed by atoms with E-state index >= 15 is 0 Å². The van der Waals surface area contributed by atoms with Gasteiger partial charge in [0.25, 0.3) is 0 Å². The summed E-state index contributed by atoms with van der Waals surface area (Å²) in [4.78, 5) is 20.6. The summed E-state index contributed by atoms with van der Waals surface area (Å²) in [6, 6.07) is 4.04. The minimum Gasteiger partial charge on any atom is -0.502 e. The molecule has 0 spiro atoms. The average Bonchev–Trinajstić information content (AvgIpc) is 2.84. The number of nitro benzene ring substituents is 1. The summed E-state index contributed by atoms with van der Waals surface area (Å²) in [5.74, 6) is 0.193. The van der Waals surface area contributed by atoms with Crippen LogP contribution in [-0.2, 0) is 0 Å². The minimum absolute atomic E-state index is 0.368. The third-order valence-electron chi connectivity index (χ3n) is 3.55. The number of phenolic OH excluding ortho intramolecular Hbond substituents is 1. The zero-order valence-electron chi connectivity index (χ0n) is 12.8. The number of nitro groups is 1. The van der Waals surface area contributed by atoms with Gasteiger partial charge in [-0.25, -0.2) is 9.97 Å². The molecule has 122 valence electrons. The summed E-state index contributed by atoms with van der Waals surface area (Å²) in [5.41, 5.74) is 4.05. The lowest BCUT2D eigenvalue weighted by molar-refractivity contribution is -0.385. The number of phenols is 1. The van der Waals surface area contributed by atoms with E-state index in [4.69, 9.17) is 0 Å². The Morgan fingerprint density at radius 3 is 2.92 bits per heavy atom. The van der Waals surface area contributed by atoms with E-state index in [2.05, 4.69) is 20.5 Å². The summed E-state index contributed by atoms with van der Waals surface area (Å²) in [6.07, 6.45) is 2.88. The molecule has 1 aromatic carbocycles. The van der Waals surface area contributed by atoms with Gasteiger partial charge in [0.2, 0.25) is 0 Å². The highest BCUT2D eigenvalue weighted by Crippen LogP contribution is 2.32. The SMILES string of the molecule is Cc1sc2ncnc(N/N=C/c3ccc(O)c([N+](=O)[O-])c3)c2c1C. The molecular formula is C15H13N5O3S. The summed E-state index contributed by atoms with van der Waals surface area (Å²) < 4.78 is 0. The number of fused-ring (bicyclic) bond motifs is 1. The lowest BCUT2D eigenvalue weighted by Gasteiger charge is -2.02. The molecule has 2 N–H and O–H groups in total. The van der Waals surface area contributed by atoms with Crippen LogP contribution in [0.15, 0.2) is 29.6 Å². The lowest BCUT2D eigenvalue weighted by Crippen LogP contribution is -1.96. The number of anilines is 1. The zero-order chi connectivity index (χ0) is 17.3. The smallest absolute Gasteiger partial charge is 0.311 e. The molecule has 2 heterocycles. The molecule has 0 aliphatic heterocycles. The van der Waals surface area contributed by atoms with Crippen molar-refractivity contribution in [3.05, 3.63) is 50.6 Å². The number of aromatic nitrogens is 2. The standard InChI is InChI=1S/C15H13N5O3S/c1-8-9(2)24-15-13(8)14(16-7-17-15)19-18-6-10-3-4-12(21)11(5-10)20(22)23/h3-7,21H,1-2H3,(H,16,17,19)/b18-6+. The largest absolute Gasteiger partial charge is 0.502 e. The van der Waals surface area contributed by atoms with Gasteiger partial charge in [0, 0.05) is 16.5 Å². The number of benzene rings is 1. The van der Waals surface area contributed by atoms with Crippen LogP contribution in [0.4, 0.5) is 11.5 Å². The van der Waals surface area contributed by atoms with Gasteiger partial charge >= 0.3 is 5.69 Å². The van der Waals surface area contributed by atoms with Crippen LogP contribution >= 0.6 is 11.3 Å². The van der Waals surface area contributed by atoms with E-state index in [9.17, 15) is 15.2 Å². The number of rotatable bonds is 4. The third-order valence-corrected chi connectivity index (χ3v) is 4.66. The van der Waals surface area contributed by atoms with Crippen molar-refractivity contribution in [2.75, 3.05) is 5.43 Å². The predicted molar refractivity (Wildman–Crippen MR) is 92.9 cm³/mol. The van der Waals surface area contributed by atoms with Crippen molar-refractivity contribution in [1.29, 1.82) is 0 Å². The molecule has 8 nitrogen and oxygen atoms in total. The van der Waals surface area contributed by atoms with E-state index in [0.29, 0.717) is 11.4 Å². The van der Waals surface area contributed by atoms with Crippen LogP contribution in [0.1, 0.15) is 16.0 Å². The van der Waals surface area contributed by atoms with Gasteiger partial charge in [-0.3, -0.25) is 15.5 Å². The Balaban J connectivity index is 1.87. The van der Waals surface area contributed by atoms with E-state index in [1.807, 2.05) is 13.8 Å². The molecule has 3 aromatic rings. The Morgan fingerprint density at radius 1 is 1.38 bits per heavy atom. The van der Waals surface area contributed by atoms with Crippen molar-refractivity contribution in [2.24, 2.45) is 5.10 Å². The van der Waals surface area contributed by atoms with Crippen LogP contribution in [0.5, 0.6) is 5.75 Å². The molecule has 24 heavy (non-hydrogen) atoms. The van der Waals surface area contributed by atoms with Crippen molar-refractivity contribution in [1.82, 2.24) is 9.97 Å². The van der Waals surface area contributed by atoms with Gasteiger partial charge in [-0.05, 0) is 31.5 Å². The van der Waals surface area contributed by atoms with Gasteiger partial charge in [-0.1, -0.05) is 0 Å². The molecule has 0 radical (unpaired) electrons. The maximum Gasteiger partial charge on any atom is 0.311 e. The van der Waals surface area contributed by atoms with Gasteiger partial charge in [-0.2, -0.15) is 5.10 Å². The fourth-order valence-corrected chi connectivity index (χ4v) is 3.20. The van der Waals surface area contributed by atoms with Gasteiger partial charge in [0.1, 0.15) is 11.2 Å². The highest BCUT2D eigenvalue weighted by Gasteiger charge is 2.13. The highest BCUT2D eigenvalue weighted by atomic mass is 32.1. The number of nitrogens with one attached hydrogen (secondary N) is 1. The molecule has 0 fully saturated rings. The number of aryl methyl sites for hydroxylation is 2. The number of hydrazone groups is 1. The number of hydrogen-bond donors (Lipinski definition) is 2. The molecule has 0 unspecified atom stereocenters. The topological polar surface area (TPSA) is 114 Å². The van der Waals surface area contributed by atoms with E-state index in [1.54, 1.807) is 11.3 Å². The van der Waals surface area contributed by atoms with Crippen LogP contribution in [0.25, 0.3) is 10.2 Å². The normalized spacial score (nSPS) is 11.2. The number of nitrogens with zero attached hydrogens (tertiary/aromatic N) is 4. The second-order valence-corrected chi connectivity index (χ2v) is 6.26. The monoisotopic (exact) mass is 343 g/mol. The predicted octanol–water partition coefficient (Wildman–Crippen LogP) is 3.37. The maximum atomic E-state index is 10.8. The van der Waals surface area contributed by atoms with Gasteiger partial charge < -0.3 is 5.11 Å². The molecule has 0 atom stereocenters. The fourth-order valence-electron chi connectivity index (χ4n) is 2.20. The molecule has 3 rings (SSSR count). The Kier molecular flexibility index (Phi) is 4.09. The molecular weight excluding hydrogens is 330 g/mol. The number of thiophene rings is 1. The molecule has 9 heteroatoms. The third kappa shape index (κ3) is 2.88. The van der Waals surface area contributed by atoms with Gasteiger partial charge in [0.15, 0.2) is 11.6 Å². The van der Waals surface area contributed by atoms with Crippen LogP contribution in [-0.4, -0.2) is 26.2 Å². The molecule has 0 saturated carbocycles. The quantitative estimate of drug-likeness (QED) is 0.426. The summed E-state index contributed by atoms with van der Waals surface area (Å²) >= 11 is 1.58. The molecule has 0 saturated heterocycles. The van der Waals surface area contributed by atoms with Gasteiger partial charge in [0.05, 0.1) is 16.5 Å². The molecule has 0 bridgehead atoms. The number of hydrogen-bond acceptors (Lipinski definition) is 8. The fraction of sp³-hybridized carbons (Fsp3) is 0.133. The minimum atomic E-state index is -0.647. The van der Waals surface area contributed by atoms with Crippen LogP contribution in [0.2, 0.25) is 0 Å². The zero-order valence-corrected chi connectivity index (χ0v) is 13.7. The highest BCUT2D eigenvalue weighted by molar-refractivity contribution is 7.18. The summed E-state index contributed by atoms with van der Waals surface area (Å²) in [7, 11) is 0. The lowest BCUT2D eigenvalue weighted by atomic mass is 10.2. The molecule has 0 aliphatic rings. The Morgan fingerprint density at radius 2 is 2.17 bits per heavy atom. The van der Waals surface area contributed by atoms with E-state index in [0.717, 1.165) is 20.7 Å². The first-order valence-electron chi connectivity index (χ1n) is 6.94. The number of aromatic hydroxyl groups is 1. The second-order valence-electron chi connectivity index (χ2n) is 5.06. The van der Waals surface area contributed by atoms with E-state index in [1.165, 1.54) is 30.7 Å². The first-order chi connectivity index (χ1) is 11.5. The first kappa shape index (κ1) is 15.8. The Bertz CT molecular complexity index is 967. The second kappa shape index (κ2) is 6.20. The van der Waals surface area contributed by atoms with E-state index < -0.39 is 4.92 Å². The van der Waals surface area contributed by atoms with Crippen molar-refractivity contribution in [2.45, 2.75) is 13.8 Å². The summed E-state index contributed by atoms with van der Waals surface area (Å²) in [6.45, 7) is 4.01. The Labute approximate surface area is 140 Å². The molecule has 0 amide bonds. The molecule has 2 aromatic heterocycles.